The molecule has 0 aliphatic heterocycles. The van der Waals surface area contributed by atoms with Crippen LogP contribution in [-0.4, -0.2) is 24.5 Å². The van der Waals surface area contributed by atoms with Gasteiger partial charge in [-0.05, 0) is 37.4 Å². The van der Waals surface area contributed by atoms with Gasteiger partial charge in [0.2, 0.25) is 0 Å². The van der Waals surface area contributed by atoms with Gasteiger partial charge in [0.1, 0.15) is 0 Å². The number of rotatable bonds is 6. The van der Waals surface area contributed by atoms with E-state index in [9.17, 15) is 0 Å². The van der Waals surface area contributed by atoms with Crippen molar-refractivity contribution in [2.75, 3.05) is 13.6 Å². The molecule has 0 saturated carbocycles. The van der Waals surface area contributed by atoms with Gasteiger partial charge in [0.25, 0.3) is 0 Å². The summed E-state index contributed by atoms with van der Waals surface area (Å²) in [5.41, 5.74) is 7.54. The maximum absolute atomic E-state index is 6.16. The summed E-state index contributed by atoms with van der Waals surface area (Å²) in [6, 6.07) is 15.3. The van der Waals surface area contributed by atoms with Crippen LogP contribution >= 0.6 is 11.3 Å². The van der Waals surface area contributed by atoms with Gasteiger partial charge < -0.3 is 5.73 Å². The van der Waals surface area contributed by atoms with E-state index in [2.05, 4.69) is 66.7 Å². The first kappa shape index (κ1) is 14.3. The molecule has 2 aromatic rings. The fourth-order valence-corrected chi connectivity index (χ4v) is 3.43. The van der Waals surface area contributed by atoms with Crippen LogP contribution in [0.5, 0.6) is 0 Å². The van der Waals surface area contributed by atoms with Crippen molar-refractivity contribution in [1.29, 1.82) is 0 Å². The Hall–Kier alpha value is -1.16. The molecule has 0 aliphatic carbocycles. The molecule has 0 aliphatic rings. The molecule has 1 aromatic heterocycles. The van der Waals surface area contributed by atoms with E-state index in [1.165, 1.54) is 10.4 Å². The molecule has 0 fully saturated rings. The van der Waals surface area contributed by atoms with Gasteiger partial charge in [0.05, 0.1) is 6.04 Å². The van der Waals surface area contributed by atoms with Crippen molar-refractivity contribution in [3.05, 3.63) is 58.3 Å². The van der Waals surface area contributed by atoms with Crippen LogP contribution < -0.4 is 5.73 Å². The first-order valence-corrected chi connectivity index (χ1v) is 7.59. The van der Waals surface area contributed by atoms with Crippen molar-refractivity contribution < 1.29 is 0 Å². The predicted molar refractivity (Wildman–Crippen MR) is 83.5 cm³/mol. The van der Waals surface area contributed by atoms with Crippen molar-refractivity contribution in [1.82, 2.24) is 4.90 Å². The highest BCUT2D eigenvalue weighted by Crippen LogP contribution is 2.26. The monoisotopic (exact) mass is 274 g/mol. The number of nitrogens with two attached hydrogens (primary N) is 1. The second-order valence-electron chi connectivity index (χ2n) is 5.04. The topological polar surface area (TPSA) is 29.3 Å². The van der Waals surface area contributed by atoms with Crippen LogP contribution in [0.2, 0.25) is 0 Å². The molecule has 0 saturated heterocycles. The summed E-state index contributed by atoms with van der Waals surface area (Å²) < 4.78 is 0. The average molecular weight is 274 g/mol. The molecule has 2 unspecified atom stereocenters. The van der Waals surface area contributed by atoms with E-state index in [1.54, 1.807) is 11.3 Å². The Bertz CT molecular complexity index is 465. The summed E-state index contributed by atoms with van der Waals surface area (Å²) in [5, 5.41) is 2.12. The first-order valence-electron chi connectivity index (χ1n) is 6.71. The molecule has 19 heavy (non-hydrogen) atoms. The maximum atomic E-state index is 6.16. The third-order valence-electron chi connectivity index (χ3n) is 3.40. The van der Waals surface area contributed by atoms with Gasteiger partial charge in [-0.25, -0.2) is 0 Å². The largest absolute Gasteiger partial charge is 0.326 e. The van der Waals surface area contributed by atoms with Crippen LogP contribution in [0.1, 0.15) is 23.4 Å². The Labute approximate surface area is 119 Å². The van der Waals surface area contributed by atoms with Gasteiger partial charge in [-0.3, -0.25) is 4.90 Å². The number of benzene rings is 1. The molecular formula is C16H22N2S. The molecule has 2 nitrogen and oxygen atoms in total. The Morgan fingerprint density at radius 1 is 1.16 bits per heavy atom. The van der Waals surface area contributed by atoms with Crippen molar-refractivity contribution in [3.63, 3.8) is 0 Å². The van der Waals surface area contributed by atoms with Crippen LogP contribution in [0.3, 0.4) is 0 Å². The van der Waals surface area contributed by atoms with Crippen LogP contribution in [0, 0.1) is 0 Å². The molecule has 102 valence electrons. The van der Waals surface area contributed by atoms with E-state index in [0.717, 1.165) is 13.0 Å². The van der Waals surface area contributed by atoms with E-state index < -0.39 is 0 Å². The Morgan fingerprint density at radius 3 is 2.47 bits per heavy atom. The molecule has 0 radical (unpaired) electrons. The second-order valence-corrected chi connectivity index (χ2v) is 6.01. The quantitative estimate of drug-likeness (QED) is 0.875. The molecule has 0 spiro atoms. The van der Waals surface area contributed by atoms with Gasteiger partial charge in [-0.15, -0.1) is 11.3 Å². The predicted octanol–water partition coefficient (Wildman–Crippen LogP) is 3.31. The third kappa shape index (κ3) is 3.90. The highest BCUT2D eigenvalue weighted by Gasteiger charge is 2.21. The second kappa shape index (κ2) is 6.85. The van der Waals surface area contributed by atoms with Gasteiger partial charge in [0.15, 0.2) is 0 Å². The molecule has 2 atom stereocenters. The molecule has 0 amide bonds. The van der Waals surface area contributed by atoms with Gasteiger partial charge in [0, 0.05) is 17.5 Å². The lowest BCUT2D eigenvalue weighted by atomic mass is 10.1. The van der Waals surface area contributed by atoms with Crippen LogP contribution in [0.4, 0.5) is 0 Å². The first-order chi connectivity index (χ1) is 9.18. The maximum Gasteiger partial charge on any atom is 0.0588 e. The number of hydrogen-bond donors (Lipinski definition) is 1. The summed E-state index contributed by atoms with van der Waals surface area (Å²) >= 11 is 1.79. The van der Waals surface area contributed by atoms with E-state index in [1.807, 2.05) is 0 Å². The van der Waals surface area contributed by atoms with E-state index in [-0.39, 0.29) is 6.04 Å². The third-order valence-corrected chi connectivity index (χ3v) is 4.35. The van der Waals surface area contributed by atoms with E-state index >= 15 is 0 Å². The Morgan fingerprint density at radius 2 is 1.89 bits per heavy atom. The molecule has 2 N–H and O–H groups in total. The standard InChI is InChI=1S/C16H22N2S/c1-13(17)16(15-9-6-12-19-15)18(2)11-10-14-7-4-3-5-8-14/h3-9,12-13,16H,10-11,17H2,1-2H3. The van der Waals surface area contributed by atoms with E-state index in [0.29, 0.717) is 6.04 Å². The zero-order valence-corrected chi connectivity index (χ0v) is 12.4. The number of thiophene rings is 1. The highest BCUT2D eigenvalue weighted by atomic mass is 32.1. The van der Waals surface area contributed by atoms with Gasteiger partial charge in [-0.1, -0.05) is 36.4 Å². The van der Waals surface area contributed by atoms with Gasteiger partial charge >= 0.3 is 0 Å². The van der Waals surface area contributed by atoms with Crippen molar-refractivity contribution >= 4 is 11.3 Å². The zero-order valence-electron chi connectivity index (χ0n) is 11.6. The number of hydrogen-bond acceptors (Lipinski definition) is 3. The average Bonchev–Trinajstić information content (AvgIpc) is 2.91. The summed E-state index contributed by atoms with van der Waals surface area (Å²) in [5.74, 6) is 0. The number of likely N-dealkylation sites (N-methyl/N-ethyl adjacent to an activating group) is 1. The summed E-state index contributed by atoms with van der Waals surface area (Å²) in [6.07, 6.45) is 1.06. The minimum Gasteiger partial charge on any atom is -0.326 e. The SMILES string of the molecule is CC(N)C(c1cccs1)N(C)CCc1ccccc1. The van der Waals surface area contributed by atoms with Crippen molar-refractivity contribution in [2.24, 2.45) is 5.73 Å². The highest BCUT2D eigenvalue weighted by molar-refractivity contribution is 7.10. The van der Waals surface area contributed by atoms with Crippen molar-refractivity contribution in [3.8, 4) is 0 Å². The zero-order chi connectivity index (χ0) is 13.7. The molecule has 3 heteroatoms. The summed E-state index contributed by atoms with van der Waals surface area (Å²) in [6.45, 7) is 3.11. The molecule has 0 bridgehead atoms. The minimum atomic E-state index is 0.138. The van der Waals surface area contributed by atoms with Crippen LogP contribution in [-0.2, 0) is 6.42 Å². The minimum absolute atomic E-state index is 0.138. The molecule has 1 heterocycles. The number of nitrogens with zero attached hydrogens (tertiary/aromatic N) is 1. The lowest BCUT2D eigenvalue weighted by Crippen LogP contribution is -2.37. The molecule has 2 rings (SSSR count). The van der Waals surface area contributed by atoms with Gasteiger partial charge in [-0.2, -0.15) is 0 Å². The van der Waals surface area contributed by atoms with E-state index in [4.69, 9.17) is 5.73 Å². The lowest BCUT2D eigenvalue weighted by molar-refractivity contribution is 0.225. The molecular weight excluding hydrogens is 252 g/mol. The van der Waals surface area contributed by atoms with Crippen molar-refractivity contribution in [2.45, 2.75) is 25.4 Å². The lowest BCUT2D eigenvalue weighted by Gasteiger charge is -2.30. The Balaban J connectivity index is 1.99. The summed E-state index contributed by atoms with van der Waals surface area (Å²) in [7, 11) is 2.16. The van der Waals surface area contributed by atoms with Crippen LogP contribution in [0.25, 0.3) is 0 Å². The summed E-state index contributed by atoms with van der Waals surface area (Å²) in [4.78, 5) is 3.72. The normalized spacial score (nSPS) is 14.5. The Kier molecular flexibility index (Phi) is 5.14. The van der Waals surface area contributed by atoms with Crippen LogP contribution in [0.15, 0.2) is 47.8 Å². The molecule has 1 aromatic carbocycles. The fraction of sp³-hybridized carbons (Fsp3) is 0.375. The smallest absolute Gasteiger partial charge is 0.0588 e. The fourth-order valence-electron chi connectivity index (χ4n) is 2.43.